The van der Waals surface area contributed by atoms with Crippen molar-refractivity contribution in [1.82, 2.24) is 34.9 Å². The average molecular weight is 426 g/mol. The first kappa shape index (κ1) is 21.4. The van der Waals surface area contributed by atoms with Crippen molar-refractivity contribution in [3.05, 3.63) is 65.9 Å². The van der Waals surface area contributed by atoms with Gasteiger partial charge in [0.15, 0.2) is 5.69 Å². The first-order valence-corrected chi connectivity index (χ1v) is 9.42. The smallest absolute Gasteiger partial charge is 0.273 e. The van der Waals surface area contributed by atoms with Crippen molar-refractivity contribution in [1.29, 1.82) is 0 Å². The van der Waals surface area contributed by atoms with Crippen LogP contribution in [0.1, 0.15) is 42.4 Å². The van der Waals surface area contributed by atoms with E-state index in [2.05, 4.69) is 31.8 Å². The summed E-state index contributed by atoms with van der Waals surface area (Å²) in [5.74, 6) is -0.241. The molecule has 3 heterocycles. The SMILES string of the molecule is Cc1cc(-c2ncnn3cccc23)ccc1CNC(=O)c1cn(C(C)(C)C)nn1.Cl. The van der Waals surface area contributed by atoms with Crippen molar-refractivity contribution in [3.8, 4) is 11.3 Å². The van der Waals surface area contributed by atoms with Gasteiger partial charge in [-0.15, -0.1) is 17.5 Å². The molecule has 4 rings (SSSR count). The van der Waals surface area contributed by atoms with Gasteiger partial charge in [-0.25, -0.2) is 14.2 Å². The number of carbonyl (C=O) groups excluding carboxylic acids is 1. The molecular formula is C21H24ClN7O. The van der Waals surface area contributed by atoms with Crippen molar-refractivity contribution < 1.29 is 4.79 Å². The molecule has 30 heavy (non-hydrogen) atoms. The lowest BCUT2D eigenvalue weighted by molar-refractivity contribution is 0.0945. The number of hydrogen-bond acceptors (Lipinski definition) is 5. The average Bonchev–Trinajstić information content (AvgIpc) is 3.35. The van der Waals surface area contributed by atoms with E-state index in [9.17, 15) is 4.79 Å². The van der Waals surface area contributed by atoms with Crippen molar-refractivity contribution in [3.63, 3.8) is 0 Å². The summed E-state index contributed by atoms with van der Waals surface area (Å²) in [6.45, 7) is 8.46. The highest BCUT2D eigenvalue weighted by atomic mass is 35.5. The lowest BCUT2D eigenvalue weighted by Crippen LogP contribution is -2.24. The number of carbonyl (C=O) groups is 1. The summed E-state index contributed by atoms with van der Waals surface area (Å²) in [6, 6.07) is 10.0. The van der Waals surface area contributed by atoms with E-state index in [1.165, 1.54) is 0 Å². The van der Waals surface area contributed by atoms with Gasteiger partial charge in [-0.1, -0.05) is 17.3 Å². The second-order valence-corrected chi connectivity index (χ2v) is 7.99. The number of hydrogen-bond donors (Lipinski definition) is 1. The van der Waals surface area contributed by atoms with Crippen molar-refractivity contribution in [2.45, 2.75) is 39.8 Å². The molecule has 4 aromatic rings. The summed E-state index contributed by atoms with van der Waals surface area (Å²) in [7, 11) is 0. The summed E-state index contributed by atoms with van der Waals surface area (Å²) in [4.78, 5) is 16.9. The van der Waals surface area contributed by atoms with Gasteiger partial charge in [0.25, 0.3) is 5.91 Å². The normalized spacial score (nSPS) is 11.3. The van der Waals surface area contributed by atoms with Gasteiger partial charge in [-0.05, 0) is 57.0 Å². The van der Waals surface area contributed by atoms with E-state index in [4.69, 9.17) is 0 Å². The highest BCUT2D eigenvalue weighted by Gasteiger charge is 2.18. The summed E-state index contributed by atoms with van der Waals surface area (Å²) >= 11 is 0. The zero-order valence-electron chi connectivity index (χ0n) is 17.3. The number of fused-ring (bicyclic) bond motifs is 1. The maximum absolute atomic E-state index is 12.4. The number of aromatic nitrogens is 6. The molecule has 1 N–H and O–H groups in total. The summed E-state index contributed by atoms with van der Waals surface area (Å²) in [5, 5.41) is 15.1. The molecule has 1 amide bonds. The minimum Gasteiger partial charge on any atom is -0.347 e. The number of benzene rings is 1. The molecule has 0 bridgehead atoms. The van der Waals surface area contributed by atoms with Crippen LogP contribution in [0.5, 0.6) is 0 Å². The number of aryl methyl sites for hydroxylation is 1. The molecule has 0 aliphatic carbocycles. The number of amides is 1. The Morgan fingerprint density at radius 2 is 2.00 bits per heavy atom. The van der Waals surface area contributed by atoms with Crippen molar-refractivity contribution in [2.24, 2.45) is 0 Å². The minimum absolute atomic E-state index is 0. The van der Waals surface area contributed by atoms with E-state index in [0.717, 1.165) is 27.9 Å². The Labute approximate surface area is 180 Å². The Bertz CT molecular complexity index is 1190. The number of nitrogens with zero attached hydrogens (tertiary/aromatic N) is 6. The molecule has 0 atom stereocenters. The summed E-state index contributed by atoms with van der Waals surface area (Å²) in [6.07, 6.45) is 5.12. The second kappa shape index (κ2) is 8.23. The van der Waals surface area contributed by atoms with E-state index in [1.54, 1.807) is 21.7 Å². The van der Waals surface area contributed by atoms with Gasteiger partial charge in [0.2, 0.25) is 0 Å². The molecule has 0 aliphatic rings. The molecule has 0 aliphatic heterocycles. The Kier molecular flexibility index (Phi) is 5.89. The van der Waals surface area contributed by atoms with Gasteiger partial charge in [-0.3, -0.25) is 4.79 Å². The van der Waals surface area contributed by atoms with Crippen LogP contribution in [-0.2, 0) is 12.1 Å². The Morgan fingerprint density at radius 1 is 1.20 bits per heavy atom. The lowest BCUT2D eigenvalue weighted by atomic mass is 10.0. The first-order chi connectivity index (χ1) is 13.8. The van der Waals surface area contributed by atoms with Crippen LogP contribution in [0, 0.1) is 6.92 Å². The maximum Gasteiger partial charge on any atom is 0.273 e. The van der Waals surface area contributed by atoms with Crippen LogP contribution in [0.15, 0.2) is 49.1 Å². The van der Waals surface area contributed by atoms with Crippen LogP contribution in [0.4, 0.5) is 0 Å². The van der Waals surface area contributed by atoms with E-state index in [0.29, 0.717) is 12.2 Å². The molecular weight excluding hydrogens is 402 g/mol. The van der Waals surface area contributed by atoms with Crippen LogP contribution in [-0.4, -0.2) is 35.5 Å². The van der Waals surface area contributed by atoms with E-state index >= 15 is 0 Å². The minimum atomic E-state index is -0.241. The van der Waals surface area contributed by atoms with Crippen LogP contribution in [0.2, 0.25) is 0 Å². The largest absolute Gasteiger partial charge is 0.347 e. The molecule has 3 aromatic heterocycles. The van der Waals surface area contributed by atoms with Gasteiger partial charge in [0, 0.05) is 18.3 Å². The Morgan fingerprint density at radius 3 is 2.70 bits per heavy atom. The molecule has 0 fully saturated rings. The number of nitrogens with one attached hydrogen (secondary N) is 1. The predicted molar refractivity (Wildman–Crippen MR) is 117 cm³/mol. The molecule has 8 nitrogen and oxygen atoms in total. The summed E-state index contributed by atoms with van der Waals surface area (Å²) in [5.41, 5.74) is 5.04. The topological polar surface area (TPSA) is 90.0 Å². The zero-order valence-corrected chi connectivity index (χ0v) is 18.1. The van der Waals surface area contributed by atoms with Crippen LogP contribution in [0.25, 0.3) is 16.8 Å². The fourth-order valence-electron chi connectivity index (χ4n) is 3.09. The third-order valence-corrected chi connectivity index (χ3v) is 4.80. The Hall–Kier alpha value is -3.26. The monoisotopic (exact) mass is 425 g/mol. The van der Waals surface area contributed by atoms with Crippen LogP contribution < -0.4 is 5.32 Å². The second-order valence-electron chi connectivity index (χ2n) is 7.99. The van der Waals surface area contributed by atoms with E-state index in [1.807, 2.05) is 58.2 Å². The molecule has 0 saturated carbocycles. The quantitative estimate of drug-likeness (QED) is 0.541. The van der Waals surface area contributed by atoms with E-state index in [-0.39, 0.29) is 23.9 Å². The first-order valence-electron chi connectivity index (χ1n) is 9.42. The molecule has 0 spiro atoms. The third kappa shape index (κ3) is 4.18. The molecule has 0 radical (unpaired) electrons. The Balaban J connectivity index is 0.00000256. The van der Waals surface area contributed by atoms with Crippen molar-refractivity contribution >= 4 is 23.8 Å². The summed E-state index contributed by atoms with van der Waals surface area (Å²) < 4.78 is 3.49. The molecule has 1 aromatic carbocycles. The maximum atomic E-state index is 12.4. The van der Waals surface area contributed by atoms with Gasteiger partial charge >= 0.3 is 0 Å². The van der Waals surface area contributed by atoms with Gasteiger partial charge in [0.1, 0.15) is 6.33 Å². The zero-order chi connectivity index (χ0) is 20.6. The molecule has 156 valence electrons. The predicted octanol–water partition coefficient (Wildman–Crippen LogP) is 3.40. The highest BCUT2D eigenvalue weighted by Crippen LogP contribution is 2.24. The van der Waals surface area contributed by atoms with Crippen LogP contribution >= 0.6 is 12.4 Å². The van der Waals surface area contributed by atoms with Gasteiger partial charge in [0.05, 0.1) is 22.9 Å². The fourth-order valence-corrected chi connectivity index (χ4v) is 3.09. The molecule has 9 heteroatoms. The van der Waals surface area contributed by atoms with Gasteiger partial charge in [-0.2, -0.15) is 5.10 Å². The van der Waals surface area contributed by atoms with Crippen LogP contribution in [0.3, 0.4) is 0 Å². The molecule has 0 unspecified atom stereocenters. The van der Waals surface area contributed by atoms with E-state index < -0.39 is 0 Å². The third-order valence-electron chi connectivity index (χ3n) is 4.80. The van der Waals surface area contributed by atoms with Gasteiger partial charge < -0.3 is 5.32 Å². The highest BCUT2D eigenvalue weighted by molar-refractivity contribution is 5.91. The standard InChI is InChI=1S/C21H23N7O.ClH/c1-14-10-15(19-18-6-5-9-27(18)24-13-23-19)7-8-16(14)11-22-20(29)17-12-28(26-25-17)21(2,3)4;/h5-10,12-13H,11H2,1-4H3,(H,22,29);1H. The fraction of sp³-hybridized carbons (Fsp3) is 0.286. The number of rotatable bonds is 4. The lowest BCUT2D eigenvalue weighted by Gasteiger charge is -2.17. The molecule has 0 saturated heterocycles. The van der Waals surface area contributed by atoms with Crippen molar-refractivity contribution in [2.75, 3.05) is 0 Å². The number of halogens is 1.